The second-order valence-corrected chi connectivity index (χ2v) is 8.59. The standard InChI is InChI=1S/C23H28ClN3O3/c1-3-13-30-23(29)27-11-9-26(10-12-27)22(28)16-7-8-17-19(14-16)25-21-15(2)5-4-6-18(21)20(17)24/h7-8,14-15H,3-6,9-13H2,1-2H3. The van der Waals surface area contributed by atoms with E-state index in [2.05, 4.69) is 6.92 Å². The normalized spacial score (nSPS) is 19.0. The van der Waals surface area contributed by atoms with Crippen molar-refractivity contribution in [2.75, 3.05) is 32.8 Å². The van der Waals surface area contributed by atoms with Crippen molar-refractivity contribution < 1.29 is 14.3 Å². The summed E-state index contributed by atoms with van der Waals surface area (Å²) in [5.41, 5.74) is 3.62. The first-order valence-corrected chi connectivity index (χ1v) is 11.2. The smallest absolute Gasteiger partial charge is 0.409 e. The van der Waals surface area contributed by atoms with Gasteiger partial charge in [-0.1, -0.05) is 31.5 Å². The number of piperazine rings is 1. The summed E-state index contributed by atoms with van der Waals surface area (Å²) in [6.45, 7) is 6.53. The Morgan fingerprint density at radius 2 is 1.93 bits per heavy atom. The molecule has 0 saturated carbocycles. The summed E-state index contributed by atoms with van der Waals surface area (Å²) in [4.78, 5) is 33.4. The van der Waals surface area contributed by atoms with Gasteiger partial charge in [-0.3, -0.25) is 9.78 Å². The van der Waals surface area contributed by atoms with Gasteiger partial charge in [-0.25, -0.2) is 4.79 Å². The molecule has 30 heavy (non-hydrogen) atoms. The molecule has 0 bridgehead atoms. The highest BCUT2D eigenvalue weighted by Gasteiger charge is 2.27. The largest absolute Gasteiger partial charge is 0.449 e. The molecule has 0 N–H and O–H groups in total. The van der Waals surface area contributed by atoms with Gasteiger partial charge >= 0.3 is 6.09 Å². The highest BCUT2D eigenvalue weighted by molar-refractivity contribution is 6.36. The van der Waals surface area contributed by atoms with Crippen LogP contribution in [-0.2, 0) is 11.2 Å². The monoisotopic (exact) mass is 429 g/mol. The van der Waals surface area contributed by atoms with Crippen LogP contribution in [0.2, 0.25) is 5.02 Å². The number of halogens is 1. The van der Waals surface area contributed by atoms with Gasteiger partial charge in [-0.05, 0) is 49.3 Å². The lowest BCUT2D eigenvalue weighted by atomic mass is 9.87. The Hall–Kier alpha value is -2.34. The van der Waals surface area contributed by atoms with Gasteiger partial charge in [0.2, 0.25) is 0 Å². The Morgan fingerprint density at radius 1 is 1.20 bits per heavy atom. The van der Waals surface area contributed by atoms with Crippen LogP contribution >= 0.6 is 11.6 Å². The maximum atomic E-state index is 13.1. The van der Waals surface area contributed by atoms with Crippen LogP contribution in [0, 0.1) is 0 Å². The molecular weight excluding hydrogens is 402 g/mol. The van der Waals surface area contributed by atoms with Crippen molar-refractivity contribution in [3.63, 3.8) is 0 Å². The van der Waals surface area contributed by atoms with Crippen molar-refractivity contribution in [3.05, 3.63) is 40.0 Å². The Bertz CT molecular complexity index is 970. The number of carbonyl (C=O) groups is 2. The Morgan fingerprint density at radius 3 is 2.67 bits per heavy atom. The minimum absolute atomic E-state index is 0.0397. The Balaban J connectivity index is 1.51. The van der Waals surface area contributed by atoms with Crippen LogP contribution in [0.4, 0.5) is 4.79 Å². The number of pyridine rings is 1. The first kappa shape index (κ1) is 20.9. The molecule has 2 aromatic rings. The summed E-state index contributed by atoms with van der Waals surface area (Å²) in [7, 11) is 0. The predicted molar refractivity (Wildman–Crippen MR) is 117 cm³/mol. The van der Waals surface area contributed by atoms with Crippen LogP contribution in [0.15, 0.2) is 18.2 Å². The predicted octanol–water partition coefficient (Wildman–Crippen LogP) is 4.63. The van der Waals surface area contributed by atoms with E-state index in [4.69, 9.17) is 21.3 Å². The van der Waals surface area contributed by atoms with Gasteiger partial charge in [0.1, 0.15) is 0 Å². The van der Waals surface area contributed by atoms with E-state index in [9.17, 15) is 9.59 Å². The quantitative estimate of drug-likeness (QED) is 0.713. The molecule has 1 aliphatic heterocycles. The summed E-state index contributed by atoms with van der Waals surface area (Å²) in [5, 5.41) is 1.68. The Labute approximate surface area is 182 Å². The molecule has 1 saturated heterocycles. The third-order valence-corrected chi connectivity index (χ3v) is 6.51. The second-order valence-electron chi connectivity index (χ2n) is 8.21. The number of fused-ring (bicyclic) bond motifs is 2. The minimum atomic E-state index is -0.299. The van der Waals surface area contributed by atoms with E-state index < -0.39 is 0 Å². The van der Waals surface area contributed by atoms with Crippen molar-refractivity contribution in [1.29, 1.82) is 0 Å². The fraction of sp³-hybridized carbons (Fsp3) is 0.522. The molecule has 1 aliphatic carbocycles. The summed E-state index contributed by atoms with van der Waals surface area (Å²) in [6.07, 6.45) is 3.72. The van der Waals surface area contributed by atoms with Crippen LogP contribution in [0.5, 0.6) is 0 Å². The molecule has 2 heterocycles. The molecule has 2 aliphatic rings. The van der Waals surface area contributed by atoms with Gasteiger partial charge in [0.05, 0.1) is 17.1 Å². The molecule has 2 amide bonds. The van der Waals surface area contributed by atoms with Crippen molar-refractivity contribution in [2.45, 2.75) is 45.4 Å². The average Bonchev–Trinajstić information content (AvgIpc) is 2.77. The molecule has 1 fully saturated rings. The molecule has 4 rings (SSSR count). The number of rotatable bonds is 3. The number of aromatic nitrogens is 1. The van der Waals surface area contributed by atoms with Gasteiger partial charge in [-0.2, -0.15) is 0 Å². The molecule has 7 heteroatoms. The average molecular weight is 430 g/mol. The summed E-state index contributed by atoms with van der Waals surface area (Å²) in [6, 6.07) is 5.60. The molecule has 1 atom stereocenters. The lowest BCUT2D eigenvalue weighted by molar-refractivity contribution is 0.0560. The molecule has 0 spiro atoms. The zero-order chi connectivity index (χ0) is 21.3. The topological polar surface area (TPSA) is 62.7 Å². The summed E-state index contributed by atoms with van der Waals surface area (Å²) >= 11 is 6.70. The first-order valence-electron chi connectivity index (χ1n) is 10.8. The fourth-order valence-corrected chi connectivity index (χ4v) is 4.69. The van der Waals surface area contributed by atoms with E-state index in [1.165, 1.54) is 0 Å². The SMILES string of the molecule is CCCOC(=O)N1CCN(C(=O)c2ccc3c(Cl)c4c(nc3c2)C(C)CCC4)CC1. The molecular formula is C23H28ClN3O3. The second kappa shape index (κ2) is 8.80. The van der Waals surface area contributed by atoms with Crippen molar-refractivity contribution in [1.82, 2.24) is 14.8 Å². The van der Waals surface area contributed by atoms with Gasteiger partial charge in [0.25, 0.3) is 5.91 Å². The van der Waals surface area contributed by atoms with Gasteiger partial charge < -0.3 is 14.5 Å². The van der Waals surface area contributed by atoms with Crippen LogP contribution in [0.25, 0.3) is 10.9 Å². The molecule has 0 radical (unpaired) electrons. The fourth-order valence-electron chi connectivity index (χ4n) is 4.34. The number of amides is 2. The van der Waals surface area contributed by atoms with Gasteiger partial charge in [0.15, 0.2) is 0 Å². The van der Waals surface area contributed by atoms with Crippen molar-refractivity contribution in [3.8, 4) is 0 Å². The lowest BCUT2D eigenvalue weighted by Gasteiger charge is -2.34. The number of nitrogens with zero attached hydrogens (tertiary/aromatic N) is 3. The van der Waals surface area contributed by atoms with E-state index in [1.807, 2.05) is 25.1 Å². The summed E-state index contributed by atoms with van der Waals surface area (Å²) in [5.74, 6) is 0.345. The van der Waals surface area contributed by atoms with E-state index >= 15 is 0 Å². The molecule has 1 aromatic carbocycles. The third-order valence-electron chi connectivity index (χ3n) is 6.08. The number of carbonyl (C=O) groups excluding carboxylic acids is 2. The number of ether oxygens (including phenoxy) is 1. The third kappa shape index (κ3) is 3.97. The molecule has 1 aromatic heterocycles. The van der Waals surface area contributed by atoms with Crippen molar-refractivity contribution >= 4 is 34.5 Å². The zero-order valence-electron chi connectivity index (χ0n) is 17.6. The highest BCUT2D eigenvalue weighted by Crippen LogP contribution is 2.38. The van der Waals surface area contributed by atoms with Crippen LogP contribution in [0.3, 0.4) is 0 Å². The molecule has 1 unspecified atom stereocenters. The molecule has 6 nitrogen and oxygen atoms in total. The number of hydrogen-bond donors (Lipinski definition) is 0. The number of benzene rings is 1. The van der Waals surface area contributed by atoms with Crippen LogP contribution < -0.4 is 0 Å². The zero-order valence-corrected chi connectivity index (χ0v) is 18.4. The minimum Gasteiger partial charge on any atom is -0.449 e. The van der Waals surface area contributed by atoms with Gasteiger partial charge in [-0.15, -0.1) is 0 Å². The highest BCUT2D eigenvalue weighted by atomic mass is 35.5. The maximum absolute atomic E-state index is 13.1. The van der Waals surface area contributed by atoms with Crippen LogP contribution in [-0.4, -0.2) is 59.6 Å². The maximum Gasteiger partial charge on any atom is 0.409 e. The summed E-state index contributed by atoms with van der Waals surface area (Å²) < 4.78 is 5.19. The van der Waals surface area contributed by atoms with Gasteiger partial charge in [0, 0.05) is 42.8 Å². The Kier molecular flexibility index (Phi) is 6.14. The number of hydrogen-bond acceptors (Lipinski definition) is 4. The van der Waals surface area contributed by atoms with E-state index in [-0.39, 0.29) is 12.0 Å². The molecule has 160 valence electrons. The van der Waals surface area contributed by atoms with E-state index in [0.717, 1.165) is 52.9 Å². The van der Waals surface area contributed by atoms with E-state index in [1.54, 1.807) is 9.80 Å². The first-order chi connectivity index (χ1) is 14.5. The van der Waals surface area contributed by atoms with E-state index in [0.29, 0.717) is 44.3 Å². The lowest BCUT2D eigenvalue weighted by Crippen LogP contribution is -2.50. The van der Waals surface area contributed by atoms with Crippen molar-refractivity contribution in [2.24, 2.45) is 0 Å². The van der Waals surface area contributed by atoms with Crippen LogP contribution in [0.1, 0.15) is 60.6 Å².